The van der Waals surface area contributed by atoms with Crippen molar-refractivity contribution < 1.29 is 9.84 Å². The van der Waals surface area contributed by atoms with Crippen molar-refractivity contribution in [3.63, 3.8) is 0 Å². The fourth-order valence-corrected chi connectivity index (χ4v) is 3.63. The number of nitrogens with zero attached hydrogens (tertiary/aromatic N) is 4. The Kier molecular flexibility index (Phi) is 5.21. The zero-order chi connectivity index (χ0) is 17.1. The molecule has 0 bridgehead atoms. The van der Waals surface area contributed by atoms with Gasteiger partial charge < -0.3 is 25.0 Å². The molecule has 4 heterocycles. The number of aromatic nitrogens is 4. The maximum Gasteiger partial charge on any atom is 0.163 e. The van der Waals surface area contributed by atoms with Gasteiger partial charge in [-0.15, -0.1) is 0 Å². The molecule has 2 saturated heterocycles. The fourth-order valence-electron chi connectivity index (χ4n) is 3.63. The van der Waals surface area contributed by atoms with Crippen molar-refractivity contribution >= 4 is 11.2 Å². The lowest BCUT2D eigenvalue weighted by Crippen LogP contribution is -2.44. The summed E-state index contributed by atoms with van der Waals surface area (Å²) >= 11 is 0. The topological polar surface area (TPSA) is 97.1 Å². The van der Waals surface area contributed by atoms with Gasteiger partial charge in [0.05, 0.1) is 25.2 Å². The Bertz CT molecular complexity index is 700. The van der Waals surface area contributed by atoms with Gasteiger partial charge in [0.15, 0.2) is 11.5 Å². The van der Waals surface area contributed by atoms with Gasteiger partial charge in [-0.2, -0.15) is 0 Å². The quantitative estimate of drug-likeness (QED) is 0.720. The van der Waals surface area contributed by atoms with Crippen molar-refractivity contribution in [2.75, 3.05) is 26.2 Å². The number of piperidine rings is 1. The smallest absolute Gasteiger partial charge is 0.163 e. The van der Waals surface area contributed by atoms with E-state index >= 15 is 0 Å². The molecule has 3 atom stereocenters. The highest BCUT2D eigenvalue weighted by Crippen LogP contribution is 2.19. The van der Waals surface area contributed by atoms with Crippen LogP contribution < -0.4 is 10.6 Å². The van der Waals surface area contributed by atoms with E-state index in [-0.39, 0.29) is 18.2 Å². The molecule has 0 spiro atoms. The highest BCUT2D eigenvalue weighted by molar-refractivity contribution is 5.69. The lowest BCUT2D eigenvalue weighted by Gasteiger charge is -2.28. The third kappa shape index (κ3) is 3.82. The van der Waals surface area contributed by atoms with E-state index in [2.05, 4.69) is 25.2 Å². The van der Waals surface area contributed by atoms with Gasteiger partial charge in [-0.05, 0) is 32.2 Å². The van der Waals surface area contributed by atoms with E-state index in [1.807, 2.05) is 6.33 Å². The molecule has 2 fully saturated rings. The van der Waals surface area contributed by atoms with Crippen molar-refractivity contribution in [2.45, 2.75) is 50.5 Å². The summed E-state index contributed by atoms with van der Waals surface area (Å²) in [5.41, 5.74) is 1.67. The van der Waals surface area contributed by atoms with Crippen LogP contribution in [0.15, 0.2) is 12.5 Å². The van der Waals surface area contributed by atoms with E-state index in [4.69, 9.17) is 9.72 Å². The van der Waals surface area contributed by atoms with Gasteiger partial charge in [0, 0.05) is 25.7 Å². The SMILES string of the molecule is O[C@H]1CCCN[C@@H]1CCCn1cnc2cnc(C3CNCCO3)nc21. The molecule has 2 aromatic heterocycles. The highest BCUT2D eigenvalue weighted by Gasteiger charge is 2.22. The number of hydrogen-bond acceptors (Lipinski definition) is 7. The van der Waals surface area contributed by atoms with Crippen LogP contribution in [0.5, 0.6) is 0 Å². The molecule has 2 aliphatic rings. The summed E-state index contributed by atoms with van der Waals surface area (Å²) in [5.74, 6) is 0.714. The van der Waals surface area contributed by atoms with Crippen LogP contribution in [0.25, 0.3) is 11.2 Å². The van der Waals surface area contributed by atoms with Crippen LogP contribution in [-0.4, -0.2) is 63.0 Å². The number of aliphatic hydroxyl groups excluding tert-OH is 1. The maximum atomic E-state index is 10.1. The van der Waals surface area contributed by atoms with Crippen LogP contribution >= 0.6 is 0 Å². The number of rotatable bonds is 5. The number of hydrogen-bond donors (Lipinski definition) is 3. The summed E-state index contributed by atoms with van der Waals surface area (Å²) in [7, 11) is 0. The van der Waals surface area contributed by atoms with E-state index < -0.39 is 0 Å². The van der Waals surface area contributed by atoms with Crippen molar-refractivity contribution in [1.82, 2.24) is 30.2 Å². The number of aryl methyl sites for hydroxylation is 1. The van der Waals surface area contributed by atoms with Crippen molar-refractivity contribution in [2.24, 2.45) is 0 Å². The van der Waals surface area contributed by atoms with E-state index in [1.165, 1.54) is 0 Å². The minimum Gasteiger partial charge on any atom is -0.392 e. The normalized spacial score (nSPS) is 27.6. The number of fused-ring (bicyclic) bond motifs is 1. The first kappa shape index (κ1) is 16.8. The van der Waals surface area contributed by atoms with Crippen LogP contribution in [0.1, 0.15) is 37.6 Å². The van der Waals surface area contributed by atoms with Crippen LogP contribution in [0.4, 0.5) is 0 Å². The Morgan fingerprint density at radius 2 is 2.28 bits per heavy atom. The molecule has 2 aliphatic heterocycles. The van der Waals surface area contributed by atoms with Gasteiger partial charge in [-0.1, -0.05) is 0 Å². The molecular formula is C17H26N6O2. The Labute approximate surface area is 147 Å². The third-order valence-electron chi connectivity index (χ3n) is 5.05. The Morgan fingerprint density at radius 1 is 1.32 bits per heavy atom. The minimum absolute atomic E-state index is 0.0944. The third-order valence-corrected chi connectivity index (χ3v) is 5.05. The van der Waals surface area contributed by atoms with Gasteiger partial charge >= 0.3 is 0 Å². The van der Waals surface area contributed by atoms with Crippen LogP contribution in [0.2, 0.25) is 0 Å². The summed E-state index contributed by atoms with van der Waals surface area (Å²) in [4.78, 5) is 13.5. The maximum absolute atomic E-state index is 10.1. The number of morpholine rings is 1. The molecule has 136 valence electrons. The first-order valence-electron chi connectivity index (χ1n) is 9.23. The Hall–Kier alpha value is -1.61. The minimum atomic E-state index is -0.224. The molecule has 0 radical (unpaired) electrons. The predicted octanol–water partition coefficient (Wildman–Crippen LogP) is 0.380. The second kappa shape index (κ2) is 7.74. The number of ether oxygens (including phenoxy) is 1. The first-order chi connectivity index (χ1) is 12.3. The van der Waals surface area contributed by atoms with Crippen molar-refractivity contribution in [3.05, 3.63) is 18.3 Å². The van der Waals surface area contributed by atoms with Gasteiger partial charge in [-0.3, -0.25) is 0 Å². The number of nitrogens with one attached hydrogen (secondary N) is 2. The zero-order valence-corrected chi connectivity index (χ0v) is 14.4. The van der Waals surface area contributed by atoms with E-state index in [0.717, 1.165) is 63.0 Å². The molecule has 8 heteroatoms. The lowest BCUT2D eigenvalue weighted by molar-refractivity contribution is 0.0223. The molecule has 0 saturated carbocycles. The molecule has 0 aromatic carbocycles. The van der Waals surface area contributed by atoms with Crippen LogP contribution in [-0.2, 0) is 11.3 Å². The van der Waals surface area contributed by atoms with E-state index in [1.54, 1.807) is 6.20 Å². The summed E-state index contributed by atoms with van der Waals surface area (Å²) in [6, 6.07) is 0.204. The standard InChI is InChI=1S/C17H26N6O2/c24-14-4-1-5-19-12(14)3-2-7-23-11-21-13-9-20-16(22-17(13)23)15-10-18-6-8-25-15/h9,11-12,14-15,18-19,24H,1-8,10H2/t12-,14+,15?/m1/s1. The second-order valence-electron chi connectivity index (χ2n) is 6.85. The molecule has 25 heavy (non-hydrogen) atoms. The highest BCUT2D eigenvalue weighted by atomic mass is 16.5. The average molecular weight is 346 g/mol. The molecule has 4 rings (SSSR count). The van der Waals surface area contributed by atoms with E-state index in [0.29, 0.717) is 12.4 Å². The van der Waals surface area contributed by atoms with Gasteiger partial charge in [0.1, 0.15) is 11.6 Å². The molecule has 0 aliphatic carbocycles. The number of aliphatic hydroxyl groups is 1. The summed E-state index contributed by atoms with van der Waals surface area (Å²) < 4.78 is 7.82. The predicted molar refractivity (Wildman–Crippen MR) is 93.2 cm³/mol. The molecule has 3 N–H and O–H groups in total. The molecule has 2 aromatic rings. The Balaban J connectivity index is 1.42. The van der Waals surface area contributed by atoms with Gasteiger partial charge in [0.25, 0.3) is 0 Å². The summed E-state index contributed by atoms with van der Waals surface area (Å²) in [6.07, 6.45) is 7.17. The van der Waals surface area contributed by atoms with E-state index in [9.17, 15) is 5.11 Å². The van der Waals surface area contributed by atoms with Crippen molar-refractivity contribution in [3.8, 4) is 0 Å². The van der Waals surface area contributed by atoms with Crippen LogP contribution in [0.3, 0.4) is 0 Å². The summed E-state index contributed by atoms with van der Waals surface area (Å²) in [5, 5.41) is 16.8. The molecular weight excluding hydrogens is 320 g/mol. The molecule has 0 amide bonds. The largest absolute Gasteiger partial charge is 0.392 e. The van der Waals surface area contributed by atoms with Crippen molar-refractivity contribution in [1.29, 1.82) is 0 Å². The lowest BCUT2D eigenvalue weighted by atomic mass is 9.97. The molecule has 1 unspecified atom stereocenters. The molecule has 8 nitrogen and oxygen atoms in total. The summed E-state index contributed by atoms with van der Waals surface area (Å²) in [6.45, 7) is 4.13. The monoisotopic (exact) mass is 346 g/mol. The second-order valence-corrected chi connectivity index (χ2v) is 6.85. The van der Waals surface area contributed by atoms with Crippen LogP contribution in [0, 0.1) is 0 Å². The van der Waals surface area contributed by atoms with Gasteiger partial charge in [0.2, 0.25) is 0 Å². The average Bonchev–Trinajstić information content (AvgIpc) is 3.06. The number of imidazole rings is 1. The fraction of sp³-hybridized carbons (Fsp3) is 0.706. The Morgan fingerprint density at radius 3 is 3.12 bits per heavy atom. The van der Waals surface area contributed by atoms with Gasteiger partial charge in [-0.25, -0.2) is 15.0 Å². The first-order valence-corrected chi connectivity index (χ1v) is 9.23. The zero-order valence-electron chi connectivity index (χ0n) is 14.4.